The number of amides is 1. The predicted molar refractivity (Wildman–Crippen MR) is 165 cm³/mol. The Labute approximate surface area is 247 Å². The van der Waals surface area contributed by atoms with Gasteiger partial charge in [-0.3, -0.25) is 4.79 Å². The largest absolute Gasteiger partial charge is 0.373 e. The van der Waals surface area contributed by atoms with Gasteiger partial charge in [0.05, 0.1) is 24.2 Å². The lowest BCUT2D eigenvalue weighted by Gasteiger charge is -2.37. The summed E-state index contributed by atoms with van der Waals surface area (Å²) in [6.45, 7) is 15.1. The molecule has 41 heavy (non-hydrogen) atoms. The van der Waals surface area contributed by atoms with Crippen molar-refractivity contribution in [3.05, 3.63) is 54.1 Å². The normalized spacial score (nSPS) is 17.4. The third-order valence-electron chi connectivity index (χ3n) is 7.06. The standard InChI is InChI=1S/C26H35F2N5O3S.2C2H6.2H2/c1-17-5-3-4-11-33(17)18(2)13-23(32-37(35,36)12-10-19-6-7-19)26(34)30-16-25-29-15-24(31-25)21-9-8-20(27)14-22(21)28;2*1-2;;/h8-9,14-15,17,19,23,32H,2-7,10-13,16H2,1H3,(H,29,31)(H,30,34);2*1-2H3;2*1H/t17-,23-;;;;/m0..../s1. The van der Waals surface area contributed by atoms with Crippen molar-refractivity contribution in [2.24, 2.45) is 5.92 Å². The van der Waals surface area contributed by atoms with Crippen LogP contribution < -0.4 is 10.0 Å². The highest BCUT2D eigenvalue weighted by atomic mass is 32.2. The number of carbonyl (C=O) groups is 1. The zero-order chi connectivity index (χ0) is 30.6. The first-order chi connectivity index (χ1) is 19.6. The zero-order valence-corrected chi connectivity index (χ0v) is 25.9. The van der Waals surface area contributed by atoms with E-state index in [0.717, 1.165) is 56.5 Å². The number of halogens is 2. The van der Waals surface area contributed by atoms with E-state index in [1.807, 2.05) is 27.7 Å². The Balaban J connectivity index is 0.00000282. The minimum atomic E-state index is -3.66. The van der Waals surface area contributed by atoms with E-state index in [4.69, 9.17) is 0 Å². The van der Waals surface area contributed by atoms with Gasteiger partial charge in [-0.05, 0) is 50.7 Å². The van der Waals surface area contributed by atoms with E-state index in [9.17, 15) is 22.0 Å². The number of sulfonamides is 1. The second-order valence-electron chi connectivity index (χ2n) is 10.1. The number of carbonyl (C=O) groups excluding carboxylic acids is 1. The fourth-order valence-corrected chi connectivity index (χ4v) is 6.09. The van der Waals surface area contributed by atoms with Crippen molar-refractivity contribution >= 4 is 15.9 Å². The molecule has 2 aliphatic rings. The molecule has 234 valence electrons. The van der Waals surface area contributed by atoms with E-state index in [0.29, 0.717) is 23.9 Å². The van der Waals surface area contributed by atoms with Crippen LogP contribution in [0.1, 0.15) is 88.2 Å². The molecule has 1 saturated carbocycles. The highest BCUT2D eigenvalue weighted by Gasteiger charge is 2.30. The number of likely N-dealkylation sites (tertiary alicyclic amines) is 1. The molecule has 1 saturated heterocycles. The number of hydrogen-bond donors (Lipinski definition) is 3. The molecule has 4 rings (SSSR count). The van der Waals surface area contributed by atoms with Crippen molar-refractivity contribution in [1.29, 1.82) is 0 Å². The van der Waals surface area contributed by atoms with Crippen molar-refractivity contribution in [2.75, 3.05) is 12.3 Å². The summed E-state index contributed by atoms with van der Waals surface area (Å²) in [6.07, 6.45) is 7.43. The molecule has 1 aromatic carbocycles. The van der Waals surface area contributed by atoms with Gasteiger partial charge in [0, 0.05) is 39.2 Å². The number of imidazole rings is 1. The van der Waals surface area contributed by atoms with Crippen molar-refractivity contribution < 1.29 is 24.8 Å². The number of nitrogens with zero attached hydrogens (tertiary/aromatic N) is 2. The van der Waals surface area contributed by atoms with Crippen LogP contribution in [-0.2, 0) is 21.4 Å². The van der Waals surface area contributed by atoms with Crippen molar-refractivity contribution in [3.8, 4) is 11.3 Å². The van der Waals surface area contributed by atoms with E-state index in [1.165, 1.54) is 12.3 Å². The van der Waals surface area contributed by atoms with E-state index in [-0.39, 0.29) is 33.2 Å². The maximum absolute atomic E-state index is 14.1. The molecule has 2 heterocycles. The van der Waals surface area contributed by atoms with E-state index in [1.54, 1.807) is 0 Å². The third-order valence-corrected chi connectivity index (χ3v) is 8.48. The van der Waals surface area contributed by atoms with Crippen LogP contribution in [0.4, 0.5) is 8.78 Å². The molecule has 0 spiro atoms. The quantitative estimate of drug-likeness (QED) is 0.262. The van der Waals surface area contributed by atoms with Crippen molar-refractivity contribution in [2.45, 2.75) is 98.2 Å². The molecular weight excluding hydrogens is 548 g/mol. The number of aromatic amines is 1. The number of rotatable bonds is 12. The molecule has 2 fully saturated rings. The summed E-state index contributed by atoms with van der Waals surface area (Å²) >= 11 is 0. The average molecular weight is 600 g/mol. The number of aromatic nitrogens is 2. The fourth-order valence-electron chi connectivity index (χ4n) is 4.70. The fraction of sp³-hybridized carbons (Fsp3) is 0.600. The summed E-state index contributed by atoms with van der Waals surface area (Å²) in [6, 6.07) is 2.50. The molecule has 0 unspecified atom stereocenters. The topological polar surface area (TPSA) is 107 Å². The van der Waals surface area contributed by atoms with Crippen LogP contribution in [0.15, 0.2) is 36.7 Å². The maximum Gasteiger partial charge on any atom is 0.238 e. The summed E-state index contributed by atoms with van der Waals surface area (Å²) in [5, 5.41) is 2.73. The zero-order valence-electron chi connectivity index (χ0n) is 25.1. The van der Waals surface area contributed by atoms with Gasteiger partial charge >= 0.3 is 0 Å². The van der Waals surface area contributed by atoms with Crippen molar-refractivity contribution in [1.82, 2.24) is 24.9 Å². The minimum absolute atomic E-state index is 0. The first-order valence-electron chi connectivity index (χ1n) is 14.8. The summed E-state index contributed by atoms with van der Waals surface area (Å²) < 4.78 is 55.5. The van der Waals surface area contributed by atoms with Gasteiger partial charge in [-0.15, -0.1) is 0 Å². The Morgan fingerprint density at radius 3 is 2.54 bits per heavy atom. The molecule has 3 N–H and O–H groups in total. The lowest BCUT2D eigenvalue weighted by molar-refractivity contribution is -0.123. The number of piperidine rings is 1. The first kappa shape index (κ1) is 34.4. The maximum atomic E-state index is 14.1. The Kier molecular flexibility index (Phi) is 13.9. The molecule has 8 nitrogen and oxygen atoms in total. The summed E-state index contributed by atoms with van der Waals surface area (Å²) in [4.78, 5) is 22.4. The molecule has 2 aromatic rings. The SMILES string of the molecule is C=C(C[C@H](NS(=O)(=O)CCC1CC1)C(=O)NCc1ncc(-c2ccc(F)cc2F)[nH]1)N1CCCC[C@@H]1C.CC.CC.[HH].[HH]. The number of H-pyrrole nitrogens is 1. The van der Waals surface area contributed by atoms with E-state index < -0.39 is 33.6 Å². The van der Waals surface area contributed by atoms with Crippen molar-refractivity contribution in [3.63, 3.8) is 0 Å². The van der Waals surface area contributed by atoms with Crippen LogP contribution in [-0.4, -0.2) is 53.6 Å². The molecule has 11 heteroatoms. The van der Waals surface area contributed by atoms with Crippen LogP contribution in [0.2, 0.25) is 0 Å². The van der Waals surface area contributed by atoms with Gasteiger partial charge in [-0.25, -0.2) is 26.9 Å². The molecule has 2 atom stereocenters. The van der Waals surface area contributed by atoms with Gasteiger partial charge in [0.15, 0.2) is 0 Å². The van der Waals surface area contributed by atoms with Crippen LogP contribution >= 0.6 is 0 Å². The number of nitrogens with one attached hydrogen (secondary N) is 3. The molecule has 0 radical (unpaired) electrons. The minimum Gasteiger partial charge on any atom is -0.373 e. The molecule has 0 bridgehead atoms. The second-order valence-corrected chi connectivity index (χ2v) is 12.0. The number of benzene rings is 1. The van der Waals surface area contributed by atoms with Gasteiger partial charge in [-0.1, -0.05) is 47.1 Å². The third kappa shape index (κ3) is 10.8. The average Bonchev–Trinajstić information content (AvgIpc) is 3.68. The summed E-state index contributed by atoms with van der Waals surface area (Å²) in [7, 11) is -3.66. The van der Waals surface area contributed by atoms with Crippen LogP contribution in [0, 0.1) is 17.6 Å². The lowest BCUT2D eigenvalue weighted by Crippen LogP contribution is -2.49. The Morgan fingerprint density at radius 1 is 1.20 bits per heavy atom. The molecule has 1 aliphatic carbocycles. The highest BCUT2D eigenvalue weighted by Crippen LogP contribution is 2.32. The van der Waals surface area contributed by atoms with E-state index >= 15 is 0 Å². The Morgan fingerprint density at radius 2 is 1.90 bits per heavy atom. The summed E-state index contributed by atoms with van der Waals surface area (Å²) in [5.74, 6) is -1.12. The molecule has 1 amide bonds. The molecule has 1 aromatic heterocycles. The highest BCUT2D eigenvalue weighted by molar-refractivity contribution is 7.89. The summed E-state index contributed by atoms with van der Waals surface area (Å²) in [5.41, 5.74) is 1.22. The molecule has 1 aliphatic heterocycles. The van der Waals surface area contributed by atoms with E-state index in [2.05, 4.69) is 38.4 Å². The molecular formula is C30H51F2N5O3S. The van der Waals surface area contributed by atoms with Gasteiger partial charge < -0.3 is 15.2 Å². The smallest absolute Gasteiger partial charge is 0.238 e. The lowest BCUT2D eigenvalue weighted by atomic mass is 10.0. The van der Waals surface area contributed by atoms with Crippen LogP contribution in [0.5, 0.6) is 0 Å². The van der Waals surface area contributed by atoms with Crippen LogP contribution in [0.25, 0.3) is 11.3 Å². The first-order valence-corrected chi connectivity index (χ1v) is 16.5. The Hall–Kier alpha value is -2.79. The number of hydrogen-bond acceptors (Lipinski definition) is 5. The van der Waals surface area contributed by atoms with Gasteiger partial charge in [0.2, 0.25) is 15.9 Å². The van der Waals surface area contributed by atoms with Gasteiger partial charge in [-0.2, -0.15) is 0 Å². The monoisotopic (exact) mass is 599 g/mol. The van der Waals surface area contributed by atoms with Gasteiger partial charge in [0.1, 0.15) is 23.5 Å². The van der Waals surface area contributed by atoms with Gasteiger partial charge in [0.25, 0.3) is 0 Å². The Bertz CT molecular complexity index is 1240. The second kappa shape index (κ2) is 16.6. The van der Waals surface area contributed by atoms with Crippen LogP contribution in [0.3, 0.4) is 0 Å². The predicted octanol–water partition coefficient (Wildman–Crippen LogP) is 6.38.